The quantitative estimate of drug-likeness (QED) is 0.774. The van der Waals surface area contributed by atoms with Crippen LogP contribution >= 0.6 is 0 Å². The maximum atomic E-state index is 12.4. The van der Waals surface area contributed by atoms with Crippen molar-refractivity contribution in [1.82, 2.24) is 0 Å². The third kappa shape index (κ3) is 2.74. The van der Waals surface area contributed by atoms with Crippen LogP contribution in [0.15, 0.2) is 57.9 Å². The number of fused-ring (bicyclic) bond motifs is 1. The number of benzene rings is 2. The first kappa shape index (κ1) is 14.0. The summed E-state index contributed by atoms with van der Waals surface area (Å²) in [5, 5.41) is 13.0. The van der Waals surface area contributed by atoms with E-state index in [0.29, 0.717) is 23.1 Å². The van der Waals surface area contributed by atoms with Crippen LogP contribution in [0.2, 0.25) is 0 Å². The molecule has 0 fully saturated rings. The van der Waals surface area contributed by atoms with Gasteiger partial charge in [0.25, 0.3) is 0 Å². The Kier molecular flexibility index (Phi) is 3.70. The second-order valence-electron chi connectivity index (χ2n) is 4.86. The smallest absolute Gasteiger partial charge is 0.197 e. The Morgan fingerprint density at radius 1 is 1.23 bits per heavy atom. The third-order valence-corrected chi connectivity index (χ3v) is 3.38. The molecule has 0 saturated heterocycles. The first-order valence-corrected chi connectivity index (χ1v) is 6.79. The van der Waals surface area contributed by atoms with Gasteiger partial charge in [-0.05, 0) is 24.3 Å². The Balaban J connectivity index is 1.86. The van der Waals surface area contributed by atoms with Crippen molar-refractivity contribution in [2.45, 2.75) is 6.54 Å². The topological polar surface area (TPSA) is 71.7 Å². The number of phenols is 1. The van der Waals surface area contributed by atoms with Gasteiger partial charge in [0.05, 0.1) is 24.3 Å². The molecule has 3 aromatic rings. The predicted octanol–water partition coefficient (Wildman–Crippen LogP) is 3.12. The maximum Gasteiger partial charge on any atom is 0.197 e. The Morgan fingerprint density at radius 2 is 2.09 bits per heavy atom. The van der Waals surface area contributed by atoms with E-state index in [-0.39, 0.29) is 11.2 Å². The predicted molar refractivity (Wildman–Crippen MR) is 84.5 cm³/mol. The van der Waals surface area contributed by atoms with Gasteiger partial charge in [-0.3, -0.25) is 4.79 Å². The fourth-order valence-electron chi connectivity index (χ4n) is 2.21. The molecule has 0 spiro atoms. The fourth-order valence-corrected chi connectivity index (χ4v) is 2.21. The molecule has 3 rings (SSSR count). The highest BCUT2D eigenvalue weighted by Crippen LogP contribution is 2.19. The monoisotopic (exact) mass is 297 g/mol. The van der Waals surface area contributed by atoms with Gasteiger partial charge in [0.1, 0.15) is 17.1 Å². The molecule has 22 heavy (non-hydrogen) atoms. The number of methoxy groups -OCH3 is 1. The lowest BCUT2D eigenvalue weighted by Crippen LogP contribution is -2.12. The van der Waals surface area contributed by atoms with Crippen LogP contribution in [0.25, 0.3) is 11.0 Å². The SMILES string of the molecule is COc1cccc(NCc2coc3cc(O)ccc3c2=O)c1. The van der Waals surface area contributed by atoms with Crippen LogP contribution in [-0.2, 0) is 6.54 Å². The van der Waals surface area contributed by atoms with Crippen molar-refractivity contribution in [1.29, 1.82) is 0 Å². The highest BCUT2D eigenvalue weighted by Gasteiger charge is 2.07. The molecule has 0 aliphatic rings. The number of hydrogen-bond donors (Lipinski definition) is 2. The van der Waals surface area contributed by atoms with E-state index in [2.05, 4.69) is 5.32 Å². The van der Waals surface area contributed by atoms with E-state index < -0.39 is 0 Å². The van der Waals surface area contributed by atoms with Crippen LogP contribution in [-0.4, -0.2) is 12.2 Å². The molecule has 0 aliphatic heterocycles. The largest absolute Gasteiger partial charge is 0.508 e. The first-order valence-electron chi connectivity index (χ1n) is 6.79. The number of nitrogens with one attached hydrogen (secondary N) is 1. The standard InChI is InChI=1S/C17H15NO4/c1-21-14-4-2-3-12(7-14)18-9-11-10-22-16-8-13(19)5-6-15(16)17(11)20/h2-8,10,18-19H,9H2,1H3. The Bertz CT molecular complexity index is 870. The van der Waals surface area contributed by atoms with E-state index in [0.717, 1.165) is 11.4 Å². The van der Waals surface area contributed by atoms with Crippen LogP contribution in [0.1, 0.15) is 5.56 Å². The van der Waals surface area contributed by atoms with Crippen LogP contribution < -0.4 is 15.5 Å². The van der Waals surface area contributed by atoms with Crippen molar-refractivity contribution in [2.24, 2.45) is 0 Å². The zero-order valence-electron chi connectivity index (χ0n) is 12.0. The Morgan fingerprint density at radius 3 is 2.91 bits per heavy atom. The molecule has 0 unspecified atom stereocenters. The average Bonchev–Trinajstić information content (AvgIpc) is 2.54. The summed E-state index contributed by atoms with van der Waals surface area (Å²) in [5.74, 6) is 0.809. The summed E-state index contributed by atoms with van der Waals surface area (Å²) in [6, 6.07) is 11.9. The van der Waals surface area contributed by atoms with Gasteiger partial charge in [0, 0.05) is 24.4 Å². The van der Waals surface area contributed by atoms with E-state index in [1.165, 1.54) is 18.4 Å². The van der Waals surface area contributed by atoms with Gasteiger partial charge in [0.15, 0.2) is 5.43 Å². The van der Waals surface area contributed by atoms with E-state index in [1.807, 2.05) is 24.3 Å². The lowest BCUT2D eigenvalue weighted by molar-refractivity contribution is 0.415. The van der Waals surface area contributed by atoms with Gasteiger partial charge in [-0.2, -0.15) is 0 Å². The molecule has 0 amide bonds. The van der Waals surface area contributed by atoms with Crippen molar-refractivity contribution >= 4 is 16.7 Å². The molecule has 0 bridgehead atoms. The molecule has 0 atom stereocenters. The van der Waals surface area contributed by atoms with Crippen molar-refractivity contribution in [3.05, 3.63) is 64.5 Å². The minimum atomic E-state index is -0.114. The maximum absolute atomic E-state index is 12.4. The third-order valence-electron chi connectivity index (χ3n) is 3.38. The van der Waals surface area contributed by atoms with E-state index in [1.54, 1.807) is 13.2 Å². The Labute approximate surface area is 126 Å². The molecule has 1 heterocycles. The van der Waals surface area contributed by atoms with Gasteiger partial charge >= 0.3 is 0 Å². The molecule has 5 heteroatoms. The summed E-state index contributed by atoms with van der Waals surface area (Å²) < 4.78 is 10.6. The van der Waals surface area contributed by atoms with Crippen LogP contribution in [0.5, 0.6) is 11.5 Å². The highest BCUT2D eigenvalue weighted by molar-refractivity contribution is 5.78. The number of phenolic OH excluding ortho intramolecular Hbond substituents is 1. The molecule has 0 aliphatic carbocycles. The van der Waals surface area contributed by atoms with Crippen LogP contribution in [0, 0.1) is 0 Å². The number of ether oxygens (including phenoxy) is 1. The normalized spacial score (nSPS) is 10.6. The fraction of sp³-hybridized carbons (Fsp3) is 0.118. The lowest BCUT2D eigenvalue weighted by atomic mass is 10.1. The van der Waals surface area contributed by atoms with Gasteiger partial charge in [-0.15, -0.1) is 0 Å². The second kappa shape index (κ2) is 5.81. The molecule has 2 N–H and O–H groups in total. The Hall–Kier alpha value is -2.95. The number of aromatic hydroxyl groups is 1. The molecule has 0 saturated carbocycles. The van der Waals surface area contributed by atoms with Crippen molar-refractivity contribution in [3.8, 4) is 11.5 Å². The summed E-state index contributed by atoms with van der Waals surface area (Å²) in [4.78, 5) is 12.4. The molecule has 5 nitrogen and oxygen atoms in total. The summed E-state index contributed by atoms with van der Waals surface area (Å²) >= 11 is 0. The number of hydrogen-bond acceptors (Lipinski definition) is 5. The van der Waals surface area contributed by atoms with Gasteiger partial charge in [-0.25, -0.2) is 0 Å². The van der Waals surface area contributed by atoms with Crippen molar-refractivity contribution in [3.63, 3.8) is 0 Å². The average molecular weight is 297 g/mol. The minimum absolute atomic E-state index is 0.0675. The number of rotatable bonds is 4. The first-order chi connectivity index (χ1) is 10.7. The van der Waals surface area contributed by atoms with E-state index in [4.69, 9.17) is 9.15 Å². The molecule has 2 aromatic carbocycles. The van der Waals surface area contributed by atoms with Gasteiger partial charge in [-0.1, -0.05) is 6.07 Å². The summed E-state index contributed by atoms with van der Waals surface area (Å²) in [7, 11) is 1.60. The lowest BCUT2D eigenvalue weighted by Gasteiger charge is -2.08. The highest BCUT2D eigenvalue weighted by atomic mass is 16.5. The van der Waals surface area contributed by atoms with E-state index in [9.17, 15) is 9.90 Å². The van der Waals surface area contributed by atoms with Crippen molar-refractivity contribution in [2.75, 3.05) is 12.4 Å². The van der Waals surface area contributed by atoms with Gasteiger partial charge in [0.2, 0.25) is 0 Å². The van der Waals surface area contributed by atoms with Crippen molar-refractivity contribution < 1.29 is 14.3 Å². The molecule has 0 radical (unpaired) electrons. The molecule has 1 aromatic heterocycles. The zero-order chi connectivity index (χ0) is 15.5. The van der Waals surface area contributed by atoms with Crippen LogP contribution in [0.4, 0.5) is 5.69 Å². The molecular weight excluding hydrogens is 282 g/mol. The summed E-state index contributed by atoms with van der Waals surface area (Å²) in [5.41, 5.74) is 1.62. The summed E-state index contributed by atoms with van der Waals surface area (Å²) in [6.07, 6.45) is 1.41. The molecule has 112 valence electrons. The van der Waals surface area contributed by atoms with Gasteiger partial charge < -0.3 is 19.6 Å². The van der Waals surface area contributed by atoms with E-state index >= 15 is 0 Å². The summed E-state index contributed by atoms with van der Waals surface area (Å²) in [6.45, 7) is 0.340. The molecular formula is C17H15NO4. The zero-order valence-corrected chi connectivity index (χ0v) is 12.0. The minimum Gasteiger partial charge on any atom is -0.508 e. The second-order valence-corrected chi connectivity index (χ2v) is 4.86. The van der Waals surface area contributed by atoms with Crippen LogP contribution in [0.3, 0.4) is 0 Å². The number of anilines is 1.